The van der Waals surface area contributed by atoms with Gasteiger partial charge in [0.1, 0.15) is 0 Å². The second-order valence-corrected chi connectivity index (χ2v) is 4.81. The van der Waals surface area contributed by atoms with Crippen LogP contribution in [0.25, 0.3) is 10.9 Å². The Morgan fingerprint density at radius 1 is 1.41 bits per heavy atom. The highest BCUT2D eigenvalue weighted by molar-refractivity contribution is 9.10. The lowest BCUT2D eigenvalue weighted by atomic mass is 10.2. The number of halogens is 1. The van der Waals surface area contributed by atoms with E-state index in [1.807, 2.05) is 12.3 Å². The SMILES string of the molecule is COC(=O)CCCn1ccc2ccc(Br)cc21. The van der Waals surface area contributed by atoms with Gasteiger partial charge in [0.2, 0.25) is 0 Å². The third-order valence-corrected chi connectivity index (χ3v) is 3.24. The summed E-state index contributed by atoms with van der Waals surface area (Å²) in [7, 11) is 1.42. The molecule has 0 aliphatic carbocycles. The van der Waals surface area contributed by atoms with Gasteiger partial charge in [0, 0.05) is 29.2 Å². The summed E-state index contributed by atoms with van der Waals surface area (Å²) in [5, 5.41) is 1.21. The van der Waals surface area contributed by atoms with Crippen molar-refractivity contribution < 1.29 is 9.53 Å². The largest absolute Gasteiger partial charge is 0.469 e. The first-order valence-electron chi connectivity index (χ1n) is 5.52. The fraction of sp³-hybridized carbons (Fsp3) is 0.308. The lowest BCUT2D eigenvalue weighted by molar-refractivity contribution is -0.140. The van der Waals surface area contributed by atoms with Crippen LogP contribution in [0.15, 0.2) is 34.9 Å². The summed E-state index contributed by atoms with van der Waals surface area (Å²) in [6.07, 6.45) is 3.31. The number of hydrogen-bond donors (Lipinski definition) is 0. The first kappa shape index (κ1) is 12.2. The number of methoxy groups -OCH3 is 1. The molecule has 0 saturated heterocycles. The predicted octanol–water partition coefficient (Wildman–Crippen LogP) is 3.36. The van der Waals surface area contributed by atoms with E-state index >= 15 is 0 Å². The van der Waals surface area contributed by atoms with Crippen LogP contribution in [-0.2, 0) is 16.1 Å². The zero-order chi connectivity index (χ0) is 12.3. The number of rotatable bonds is 4. The van der Waals surface area contributed by atoms with Crippen LogP contribution in [0, 0.1) is 0 Å². The minimum Gasteiger partial charge on any atom is -0.469 e. The monoisotopic (exact) mass is 295 g/mol. The molecule has 1 heterocycles. The summed E-state index contributed by atoms with van der Waals surface area (Å²) >= 11 is 3.47. The first-order chi connectivity index (χ1) is 8.20. The van der Waals surface area contributed by atoms with Crippen molar-refractivity contribution in [3.63, 3.8) is 0 Å². The molecule has 0 bridgehead atoms. The first-order valence-corrected chi connectivity index (χ1v) is 6.31. The van der Waals surface area contributed by atoms with E-state index in [1.165, 1.54) is 18.0 Å². The molecular formula is C13H14BrNO2. The molecule has 0 aliphatic heterocycles. The number of nitrogens with zero attached hydrogens (tertiary/aromatic N) is 1. The van der Waals surface area contributed by atoms with Crippen molar-refractivity contribution in [2.45, 2.75) is 19.4 Å². The highest BCUT2D eigenvalue weighted by Gasteiger charge is 2.03. The standard InChI is InChI=1S/C13H14BrNO2/c1-17-13(16)3-2-7-15-8-6-10-4-5-11(14)9-12(10)15/h4-6,8-9H,2-3,7H2,1H3. The van der Waals surface area contributed by atoms with Gasteiger partial charge in [-0.25, -0.2) is 0 Å². The number of benzene rings is 1. The van der Waals surface area contributed by atoms with Gasteiger partial charge in [-0.15, -0.1) is 0 Å². The predicted molar refractivity (Wildman–Crippen MR) is 70.9 cm³/mol. The molecule has 0 fully saturated rings. The van der Waals surface area contributed by atoms with Crippen LogP contribution < -0.4 is 0 Å². The van der Waals surface area contributed by atoms with Crippen molar-refractivity contribution in [3.05, 3.63) is 34.9 Å². The van der Waals surface area contributed by atoms with Crippen molar-refractivity contribution in [2.24, 2.45) is 0 Å². The van der Waals surface area contributed by atoms with E-state index < -0.39 is 0 Å². The summed E-state index contributed by atoms with van der Waals surface area (Å²) in [4.78, 5) is 11.0. The van der Waals surface area contributed by atoms with Gasteiger partial charge < -0.3 is 9.30 Å². The number of ether oxygens (including phenoxy) is 1. The molecule has 0 saturated carbocycles. The molecule has 1 aromatic carbocycles. The minimum absolute atomic E-state index is 0.150. The van der Waals surface area contributed by atoms with Crippen LogP contribution in [0.5, 0.6) is 0 Å². The molecule has 0 atom stereocenters. The highest BCUT2D eigenvalue weighted by atomic mass is 79.9. The number of hydrogen-bond acceptors (Lipinski definition) is 2. The third-order valence-electron chi connectivity index (χ3n) is 2.74. The molecule has 17 heavy (non-hydrogen) atoms. The molecule has 0 radical (unpaired) electrons. The molecule has 2 rings (SSSR count). The van der Waals surface area contributed by atoms with Crippen LogP contribution >= 0.6 is 15.9 Å². The van der Waals surface area contributed by atoms with Crippen LogP contribution in [0.2, 0.25) is 0 Å². The summed E-state index contributed by atoms with van der Waals surface area (Å²) in [5.41, 5.74) is 1.18. The van der Waals surface area contributed by atoms with E-state index in [-0.39, 0.29) is 5.97 Å². The Kier molecular flexibility index (Phi) is 3.84. The van der Waals surface area contributed by atoms with Crippen LogP contribution in [0.4, 0.5) is 0 Å². The Bertz CT molecular complexity index is 533. The van der Waals surface area contributed by atoms with E-state index in [4.69, 9.17) is 0 Å². The lowest BCUT2D eigenvalue weighted by Crippen LogP contribution is -2.03. The van der Waals surface area contributed by atoms with Gasteiger partial charge in [-0.3, -0.25) is 4.79 Å². The number of carbonyl (C=O) groups is 1. The maximum absolute atomic E-state index is 11.0. The van der Waals surface area contributed by atoms with Crippen molar-refractivity contribution in [3.8, 4) is 0 Å². The van der Waals surface area contributed by atoms with Gasteiger partial charge in [0.25, 0.3) is 0 Å². The molecule has 2 aromatic rings. The number of fused-ring (bicyclic) bond motifs is 1. The van der Waals surface area contributed by atoms with Gasteiger partial charge >= 0.3 is 5.97 Å². The van der Waals surface area contributed by atoms with Gasteiger partial charge in [0.05, 0.1) is 7.11 Å². The molecule has 0 N–H and O–H groups in total. The second kappa shape index (κ2) is 5.36. The van der Waals surface area contributed by atoms with Crippen molar-refractivity contribution in [1.29, 1.82) is 0 Å². The van der Waals surface area contributed by atoms with E-state index in [2.05, 4.69) is 43.4 Å². The Balaban J connectivity index is 2.08. The van der Waals surface area contributed by atoms with E-state index in [1.54, 1.807) is 0 Å². The fourth-order valence-corrected chi connectivity index (χ4v) is 2.20. The maximum atomic E-state index is 11.0. The maximum Gasteiger partial charge on any atom is 0.305 e. The Morgan fingerprint density at radius 2 is 2.24 bits per heavy atom. The number of aryl methyl sites for hydroxylation is 1. The highest BCUT2D eigenvalue weighted by Crippen LogP contribution is 2.21. The molecular weight excluding hydrogens is 282 g/mol. The zero-order valence-corrected chi connectivity index (χ0v) is 11.2. The van der Waals surface area contributed by atoms with Crippen LogP contribution in [0.1, 0.15) is 12.8 Å². The van der Waals surface area contributed by atoms with Crippen molar-refractivity contribution in [2.75, 3.05) is 7.11 Å². The van der Waals surface area contributed by atoms with Crippen LogP contribution in [0.3, 0.4) is 0 Å². The van der Waals surface area contributed by atoms with Crippen molar-refractivity contribution >= 4 is 32.8 Å². The van der Waals surface area contributed by atoms with E-state index in [9.17, 15) is 4.79 Å². The average molecular weight is 296 g/mol. The van der Waals surface area contributed by atoms with Crippen molar-refractivity contribution in [1.82, 2.24) is 4.57 Å². The molecule has 1 aromatic heterocycles. The molecule has 0 unspecified atom stereocenters. The smallest absolute Gasteiger partial charge is 0.305 e. The quantitative estimate of drug-likeness (QED) is 0.810. The molecule has 3 nitrogen and oxygen atoms in total. The normalized spacial score (nSPS) is 10.7. The summed E-state index contributed by atoms with van der Waals surface area (Å²) < 4.78 is 7.84. The topological polar surface area (TPSA) is 31.2 Å². The Morgan fingerprint density at radius 3 is 3.00 bits per heavy atom. The zero-order valence-electron chi connectivity index (χ0n) is 9.65. The summed E-state index contributed by atoms with van der Waals surface area (Å²) in [6.45, 7) is 0.828. The molecule has 0 spiro atoms. The number of carbonyl (C=O) groups excluding carboxylic acids is 1. The molecule has 0 amide bonds. The number of aromatic nitrogens is 1. The Hall–Kier alpha value is -1.29. The van der Waals surface area contributed by atoms with E-state index in [0.717, 1.165) is 17.4 Å². The summed E-state index contributed by atoms with van der Waals surface area (Å²) in [5.74, 6) is -0.150. The second-order valence-electron chi connectivity index (χ2n) is 3.89. The number of esters is 1. The third kappa shape index (κ3) is 2.88. The Labute approximate surface area is 108 Å². The lowest BCUT2D eigenvalue weighted by Gasteiger charge is -2.05. The van der Waals surface area contributed by atoms with Gasteiger partial charge in [-0.05, 0) is 30.0 Å². The van der Waals surface area contributed by atoms with Gasteiger partial charge in [-0.2, -0.15) is 0 Å². The van der Waals surface area contributed by atoms with E-state index in [0.29, 0.717) is 6.42 Å². The van der Waals surface area contributed by atoms with Gasteiger partial charge in [-0.1, -0.05) is 22.0 Å². The van der Waals surface area contributed by atoms with Crippen LogP contribution in [-0.4, -0.2) is 17.6 Å². The molecule has 0 aliphatic rings. The minimum atomic E-state index is -0.150. The summed E-state index contributed by atoms with van der Waals surface area (Å²) in [6, 6.07) is 8.28. The fourth-order valence-electron chi connectivity index (χ4n) is 1.85. The molecule has 4 heteroatoms. The van der Waals surface area contributed by atoms with Gasteiger partial charge in [0.15, 0.2) is 0 Å². The molecule has 90 valence electrons. The average Bonchev–Trinajstić information content (AvgIpc) is 2.72.